The van der Waals surface area contributed by atoms with Gasteiger partial charge in [-0.2, -0.15) is 0 Å². The van der Waals surface area contributed by atoms with E-state index in [-0.39, 0.29) is 5.91 Å². The number of aromatic nitrogens is 2. The van der Waals surface area contributed by atoms with E-state index in [0.29, 0.717) is 12.8 Å². The zero-order valence-electron chi connectivity index (χ0n) is 21.1. The van der Waals surface area contributed by atoms with Gasteiger partial charge in [0.1, 0.15) is 11.6 Å². The molecule has 0 fully saturated rings. The number of hydrogen-bond donors (Lipinski definition) is 0. The third-order valence-electron chi connectivity index (χ3n) is 6.60. The fourth-order valence-electron chi connectivity index (χ4n) is 4.59. The minimum atomic E-state index is 0.145. The second-order valence-corrected chi connectivity index (χ2v) is 9.23. The number of imidazole rings is 1. The lowest BCUT2D eigenvalue weighted by Crippen LogP contribution is -2.34. The van der Waals surface area contributed by atoms with Crippen LogP contribution >= 0.6 is 0 Å². The molecule has 0 aliphatic carbocycles. The quantitative estimate of drug-likeness (QED) is 0.443. The standard InChI is InChI=1S/C29H36N4O2/c1-31(2)29(34)18-17-28-30-25(16-15-23-10-5-4-6-11-23)26-22-32(20-21-33(26)28)19-9-13-24-12-7-8-14-27(24)35-3/h4-14H,15-22H2,1-3H3/b13-9+. The first-order valence-electron chi connectivity index (χ1n) is 12.4. The van der Waals surface area contributed by atoms with Crippen LogP contribution < -0.4 is 4.74 Å². The van der Waals surface area contributed by atoms with Crippen molar-refractivity contribution < 1.29 is 9.53 Å². The second-order valence-electron chi connectivity index (χ2n) is 9.23. The molecule has 0 saturated carbocycles. The number of carbonyl (C=O) groups is 1. The third kappa shape index (κ3) is 6.40. The number of methoxy groups -OCH3 is 1. The largest absolute Gasteiger partial charge is 0.496 e. The lowest BCUT2D eigenvalue weighted by Gasteiger charge is -2.28. The predicted molar refractivity (Wildman–Crippen MR) is 140 cm³/mol. The lowest BCUT2D eigenvalue weighted by atomic mass is 10.1. The van der Waals surface area contributed by atoms with Gasteiger partial charge in [0.25, 0.3) is 0 Å². The molecule has 1 amide bonds. The number of fused-ring (bicyclic) bond motifs is 1. The summed E-state index contributed by atoms with van der Waals surface area (Å²) >= 11 is 0. The van der Waals surface area contributed by atoms with Crippen molar-refractivity contribution in [1.82, 2.24) is 19.4 Å². The average Bonchev–Trinajstić information content (AvgIpc) is 3.23. The van der Waals surface area contributed by atoms with E-state index in [2.05, 4.69) is 58.0 Å². The van der Waals surface area contributed by atoms with Crippen LogP contribution in [0.1, 0.15) is 34.8 Å². The Balaban J connectivity index is 1.48. The molecule has 0 radical (unpaired) electrons. The van der Waals surface area contributed by atoms with Crippen molar-refractivity contribution in [1.29, 1.82) is 0 Å². The molecule has 0 N–H and O–H groups in total. The number of rotatable bonds is 10. The summed E-state index contributed by atoms with van der Waals surface area (Å²) in [5.41, 5.74) is 4.88. The van der Waals surface area contributed by atoms with Crippen molar-refractivity contribution in [2.24, 2.45) is 0 Å². The molecule has 0 spiro atoms. The van der Waals surface area contributed by atoms with Crippen molar-refractivity contribution in [3.8, 4) is 5.75 Å². The summed E-state index contributed by atoms with van der Waals surface area (Å²) in [7, 11) is 5.33. The van der Waals surface area contributed by atoms with Crippen LogP contribution in [-0.4, -0.2) is 59.6 Å². The molecule has 0 bridgehead atoms. The molecule has 3 aromatic rings. The van der Waals surface area contributed by atoms with Crippen LogP contribution in [0, 0.1) is 0 Å². The van der Waals surface area contributed by atoms with Crippen LogP contribution in [0.5, 0.6) is 5.75 Å². The minimum absolute atomic E-state index is 0.145. The fraction of sp³-hybridized carbons (Fsp3) is 0.379. The van der Waals surface area contributed by atoms with E-state index in [1.807, 2.05) is 32.3 Å². The highest BCUT2D eigenvalue weighted by atomic mass is 16.5. The maximum Gasteiger partial charge on any atom is 0.222 e. The Labute approximate surface area is 208 Å². The van der Waals surface area contributed by atoms with Crippen molar-refractivity contribution in [2.45, 2.75) is 38.8 Å². The smallest absolute Gasteiger partial charge is 0.222 e. The van der Waals surface area contributed by atoms with Crippen LogP contribution in [0.2, 0.25) is 0 Å². The Morgan fingerprint density at radius 2 is 1.80 bits per heavy atom. The number of amides is 1. The Morgan fingerprint density at radius 1 is 1.03 bits per heavy atom. The van der Waals surface area contributed by atoms with Crippen molar-refractivity contribution >= 4 is 12.0 Å². The minimum Gasteiger partial charge on any atom is -0.496 e. The van der Waals surface area contributed by atoms with Gasteiger partial charge in [-0.1, -0.05) is 60.7 Å². The Hall–Kier alpha value is -3.38. The molecule has 184 valence electrons. The second kappa shape index (κ2) is 11.8. The van der Waals surface area contributed by atoms with Crippen molar-refractivity contribution in [2.75, 3.05) is 34.3 Å². The van der Waals surface area contributed by atoms with Crippen LogP contribution in [0.3, 0.4) is 0 Å². The molecule has 1 aliphatic heterocycles. The Morgan fingerprint density at radius 3 is 2.57 bits per heavy atom. The third-order valence-corrected chi connectivity index (χ3v) is 6.60. The molecule has 2 aromatic carbocycles. The summed E-state index contributed by atoms with van der Waals surface area (Å²) < 4.78 is 7.83. The van der Waals surface area contributed by atoms with Gasteiger partial charge in [0, 0.05) is 58.7 Å². The van der Waals surface area contributed by atoms with E-state index in [0.717, 1.165) is 56.2 Å². The summed E-state index contributed by atoms with van der Waals surface area (Å²) in [4.78, 5) is 21.4. The molecule has 0 unspecified atom stereocenters. The maximum absolute atomic E-state index is 12.2. The molecular formula is C29H36N4O2. The summed E-state index contributed by atoms with van der Waals surface area (Å²) in [6, 6.07) is 18.7. The van der Waals surface area contributed by atoms with Crippen molar-refractivity contribution in [3.63, 3.8) is 0 Å². The molecule has 4 rings (SSSR count). The number of carbonyl (C=O) groups excluding carboxylic acids is 1. The Bertz CT molecular complexity index is 1150. The number of nitrogens with zero attached hydrogens (tertiary/aromatic N) is 4. The highest BCUT2D eigenvalue weighted by molar-refractivity contribution is 5.75. The first-order valence-corrected chi connectivity index (χ1v) is 12.4. The van der Waals surface area contributed by atoms with Gasteiger partial charge in [-0.15, -0.1) is 0 Å². The molecular weight excluding hydrogens is 436 g/mol. The molecule has 35 heavy (non-hydrogen) atoms. The van der Waals surface area contributed by atoms with Crippen LogP contribution in [-0.2, 0) is 37.1 Å². The summed E-state index contributed by atoms with van der Waals surface area (Å²) in [6.07, 6.45) is 7.40. The van der Waals surface area contributed by atoms with Gasteiger partial charge in [0.2, 0.25) is 5.91 Å². The SMILES string of the molecule is COc1ccccc1/C=C/CN1CCn2c(CCC(=O)N(C)C)nc(CCc3ccccc3)c2C1. The van der Waals surface area contributed by atoms with Gasteiger partial charge in [0.05, 0.1) is 18.5 Å². The normalized spacial score (nSPS) is 13.7. The summed E-state index contributed by atoms with van der Waals surface area (Å²) in [5, 5.41) is 0. The molecule has 0 atom stereocenters. The molecule has 2 heterocycles. The fourth-order valence-corrected chi connectivity index (χ4v) is 4.59. The van der Waals surface area contributed by atoms with Gasteiger partial charge in [0.15, 0.2) is 0 Å². The molecule has 0 saturated heterocycles. The van der Waals surface area contributed by atoms with E-state index in [1.54, 1.807) is 12.0 Å². The van der Waals surface area contributed by atoms with Gasteiger partial charge in [-0.05, 0) is 24.5 Å². The Kier molecular flexibility index (Phi) is 8.37. The first-order chi connectivity index (χ1) is 17.0. The highest BCUT2D eigenvalue weighted by Gasteiger charge is 2.24. The number of benzene rings is 2. The van der Waals surface area contributed by atoms with Crippen molar-refractivity contribution in [3.05, 3.63) is 89.0 Å². The molecule has 1 aromatic heterocycles. The van der Waals surface area contributed by atoms with E-state index in [1.165, 1.54) is 17.0 Å². The monoisotopic (exact) mass is 472 g/mol. The molecule has 6 heteroatoms. The van der Waals surface area contributed by atoms with E-state index >= 15 is 0 Å². The molecule has 6 nitrogen and oxygen atoms in total. The highest BCUT2D eigenvalue weighted by Crippen LogP contribution is 2.23. The number of ether oxygens (including phenoxy) is 1. The van der Waals surface area contributed by atoms with Crippen LogP contribution in [0.25, 0.3) is 6.08 Å². The maximum atomic E-state index is 12.2. The van der Waals surface area contributed by atoms with Crippen LogP contribution in [0.15, 0.2) is 60.7 Å². The average molecular weight is 473 g/mol. The van der Waals surface area contributed by atoms with E-state index in [4.69, 9.17) is 9.72 Å². The lowest BCUT2D eigenvalue weighted by molar-refractivity contribution is -0.128. The van der Waals surface area contributed by atoms with Gasteiger partial charge in [-0.3, -0.25) is 9.69 Å². The first kappa shape index (κ1) is 24.7. The van der Waals surface area contributed by atoms with Gasteiger partial charge < -0.3 is 14.2 Å². The zero-order valence-corrected chi connectivity index (χ0v) is 21.1. The summed E-state index contributed by atoms with van der Waals surface area (Å²) in [5.74, 6) is 2.08. The topological polar surface area (TPSA) is 50.6 Å². The molecule has 1 aliphatic rings. The number of para-hydroxylation sites is 1. The van der Waals surface area contributed by atoms with Crippen LogP contribution in [0.4, 0.5) is 0 Å². The predicted octanol–water partition coefficient (Wildman–Crippen LogP) is 4.23. The van der Waals surface area contributed by atoms with Gasteiger partial charge in [-0.25, -0.2) is 4.98 Å². The zero-order chi connectivity index (χ0) is 24.6. The summed E-state index contributed by atoms with van der Waals surface area (Å²) in [6.45, 7) is 3.61. The van der Waals surface area contributed by atoms with Gasteiger partial charge >= 0.3 is 0 Å². The van der Waals surface area contributed by atoms with E-state index in [9.17, 15) is 4.79 Å². The number of aryl methyl sites for hydroxylation is 3. The number of hydrogen-bond acceptors (Lipinski definition) is 4. The van der Waals surface area contributed by atoms with E-state index < -0.39 is 0 Å².